The number of carboxylic acids is 1. The average Bonchev–Trinajstić information content (AvgIpc) is 2.72. The van der Waals surface area contributed by atoms with E-state index in [4.69, 9.17) is 21.1 Å². The molecule has 0 saturated heterocycles. The lowest BCUT2D eigenvalue weighted by Gasteiger charge is -2.17. The van der Waals surface area contributed by atoms with Gasteiger partial charge in [0.2, 0.25) is 0 Å². The maximum atomic E-state index is 12.2. The van der Waals surface area contributed by atoms with Crippen molar-refractivity contribution >= 4 is 34.4 Å². The Morgan fingerprint density at radius 3 is 2.57 bits per heavy atom. The third-order valence-corrected chi connectivity index (χ3v) is 3.56. The molecule has 0 fully saturated rings. The first-order chi connectivity index (χ1) is 9.81. The molecule has 6 heteroatoms. The van der Waals surface area contributed by atoms with Crippen LogP contribution in [0.5, 0.6) is 0 Å². The Kier molecular flexibility index (Phi) is 4.23. The van der Waals surface area contributed by atoms with Crippen molar-refractivity contribution in [2.24, 2.45) is 5.92 Å². The van der Waals surface area contributed by atoms with E-state index >= 15 is 0 Å². The number of hydrogen-bond donors (Lipinski definition) is 2. The average molecular weight is 310 g/mol. The fourth-order valence-corrected chi connectivity index (χ4v) is 2.30. The highest BCUT2D eigenvalue weighted by molar-refractivity contribution is 6.31. The number of aryl methyl sites for hydroxylation is 1. The van der Waals surface area contributed by atoms with Gasteiger partial charge in [-0.15, -0.1) is 0 Å². The highest BCUT2D eigenvalue weighted by Crippen LogP contribution is 2.28. The molecule has 1 amide bonds. The van der Waals surface area contributed by atoms with Crippen molar-refractivity contribution in [2.75, 3.05) is 0 Å². The van der Waals surface area contributed by atoms with E-state index in [9.17, 15) is 9.59 Å². The van der Waals surface area contributed by atoms with Gasteiger partial charge in [0.05, 0.1) is 0 Å². The fraction of sp³-hybridized carbons (Fsp3) is 0.333. The Balaban J connectivity index is 2.35. The van der Waals surface area contributed by atoms with Gasteiger partial charge in [-0.05, 0) is 31.0 Å². The van der Waals surface area contributed by atoms with Gasteiger partial charge >= 0.3 is 5.97 Å². The van der Waals surface area contributed by atoms with E-state index < -0.39 is 17.9 Å². The van der Waals surface area contributed by atoms with E-state index in [1.165, 1.54) is 0 Å². The summed E-state index contributed by atoms with van der Waals surface area (Å²) in [6, 6.07) is 4.10. The third-order valence-electron chi connectivity index (χ3n) is 3.32. The van der Waals surface area contributed by atoms with E-state index in [0.717, 1.165) is 5.39 Å². The molecule has 1 aromatic carbocycles. The second-order valence-corrected chi connectivity index (χ2v) is 5.67. The number of fused-ring (bicyclic) bond motifs is 1. The second kappa shape index (κ2) is 5.77. The van der Waals surface area contributed by atoms with Gasteiger partial charge < -0.3 is 14.8 Å². The van der Waals surface area contributed by atoms with Crippen LogP contribution < -0.4 is 5.32 Å². The number of carbonyl (C=O) groups is 2. The zero-order valence-corrected chi connectivity index (χ0v) is 12.7. The number of furan rings is 1. The Morgan fingerprint density at radius 2 is 2.00 bits per heavy atom. The largest absolute Gasteiger partial charge is 0.480 e. The summed E-state index contributed by atoms with van der Waals surface area (Å²) in [6.45, 7) is 5.19. The molecule has 1 aromatic heterocycles. The quantitative estimate of drug-likeness (QED) is 0.908. The van der Waals surface area contributed by atoms with Crippen LogP contribution in [-0.2, 0) is 4.79 Å². The maximum absolute atomic E-state index is 12.2. The van der Waals surface area contributed by atoms with Crippen molar-refractivity contribution < 1.29 is 19.1 Å². The van der Waals surface area contributed by atoms with Gasteiger partial charge in [-0.3, -0.25) is 4.79 Å². The number of nitrogens with one attached hydrogen (secondary N) is 1. The van der Waals surface area contributed by atoms with Gasteiger partial charge in [-0.1, -0.05) is 25.4 Å². The summed E-state index contributed by atoms with van der Waals surface area (Å²) in [5.41, 5.74) is 1.18. The number of benzene rings is 1. The Morgan fingerprint density at radius 1 is 1.33 bits per heavy atom. The maximum Gasteiger partial charge on any atom is 0.326 e. The van der Waals surface area contributed by atoms with Gasteiger partial charge in [0, 0.05) is 16.0 Å². The molecule has 0 radical (unpaired) electrons. The van der Waals surface area contributed by atoms with Crippen molar-refractivity contribution in [3.63, 3.8) is 0 Å². The van der Waals surface area contributed by atoms with Gasteiger partial charge in [-0.25, -0.2) is 4.79 Å². The molecule has 21 heavy (non-hydrogen) atoms. The molecule has 0 aliphatic rings. The lowest BCUT2D eigenvalue weighted by molar-refractivity contribution is -0.140. The Labute approximate surface area is 126 Å². The summed E-state index contributed by atoms with van der Waals surface area (Å²) < 4.78 is 5.51. The number of hydrogen-bond acceptors (Lipinski definition) is 3. The van der Waals surface area contributed by atoms with Crippen LogP contribution in [0.1, 0.15) is 30.0 Å². The summed E-state index contributed by atoms with van der Waals surface area (Å²) in [6.07, 6.45) is 0. The summed E-state index contributed by atoms with van der Waals surface area (Å²) in [5, 5.41) is 12.9. The molecule has 0 saturated carbocycles. The zero-order valence-electron chi connectivity index (χ0n) is 11.9. The van der Waals surface area contributed by atoms with Gasteiger partial charge in [-0.2, -0.15) is 0 Å². The van der Waals surface area contributed by atoms with Crippen LogP contribution in [0.4, 0.5) is 0 Å². The van der Waals surface area contributed by atoms with Crippen molar-refractivity contribution in [3.05, 3.63) is 34.5 Å². The number of halogens is 1. The first-order valence-corrected chi connectivity index (χ1v) is 6.91. The predicted molar refractivity (Wildman–Crippen MR) is 79.7 cm³/mol. The minimum absolute atomic E-state index is 0.110. The van der Waals surface area contributed by atoms with Crippen LogP contribution in [0.25, 0.3) is 11.0 Å². The van der Waals surface area contributed by atoms with Crippen LogP contribution in [0.3, 0.4) is 0 Å². The zero-order chi connectivity index (χ0) is 15.7. The first-order valence-electron chi connectivity index (χ1n) is 6.53. The highest BCUT2D eigenvalue weighted by Gasteiger charge is 2.26. The molecular weight excluding hydrogens is 294 g/mol. The van der Waals surface area contributed by atoms with Gasteiger partial charge in [0.1, 0.15) is 11.6 Å². The van der Waals surface area contributed by atoms with Crippen LogP contribution in [0, 0.1) is 12.8 Å². The molecule has 2 N–H and O–H groups in total. The molecule has 0 bridgehead atoms. The predicted octanol–water partition coefficient (Wildman–Crippen LogP) is 3.23. The molecule has 1 heterocycles. The van der Waals surface area contributed by atoms with Crippen LogP contribution in [0.15, 0.2) is 22.6 Å². The van der Waals surface area contributed by atoms with E-state index in [0.29, 0.717) is 16.2 Å². The summed E-state index contributed by atoms with van der Waals surface area (Å²) >= 11 is 5.93. The van der Waals surface area contributed by atoms with Gasteiger partial charge in [0.25, 0.3) is 5.91 Å². The minimum Gasteiger partial charge on any atom is -0.480 e. The first kappa shape index (κ1) is 15.4. The summed E-state index contributed by atoms with van der Waals surface area (Å²) in [7, 11) is 0. The SMILES string of the molecule is Cc1c(C(=O)NC(C(=O)O)C(C)C)oc2ccc(Cl)cc12. The normalized spacial score (nSPS) is 12.6. The second-order valence-electron chi connectivity index (χ2n) is 5.23. The molecule has 5 nitrogen and oxygen atoms in total. The molecule has 0 aliphatic carbocycles. The molecule has 2 aromatic rings. The van der Waals surface area contributed by atoms with E-state index in [1.807, 2.05) is 0 Å². The minimum atomic E-state index is -1.07. The van der Waals surface area contributed by atoms with E-state index in [1.54, 1.807) is 39.0 Å². The smallest absolute Gasteiger partial charge is 0.326 e. The van der Waals surface area contributed by atoms with Gasteiger partial charge in [0.15, 0.2) is 5.76 Å². The van der Waals surface area contributed by atoms with Crippen molar-refractivity contribution in [3.8, 4) is 0 Å². The molecule has 2 rings (SSSR count). The number of carboxylic acid groups (broad SMARTS) is 1. The summed E-state index contributed by atoms with van der Waals surface area (Å²) in [4.78, 5) is 23.4. The Bertz CT molecular complexity index is 705. The topological polar surface area (TPSA) is 79.5 Å². The Hall–Kier alpha value is -2.01. The monoisotopic (exact) mass is 309 g/mol. The van der Waals surface area contributed by atoms with E-state index in [-0.39, 0.29) is 11.7 Å². The molecule has 112 valence electrons. The fourth-order valence-electron chi connectivity index (χ4n) is 2.13. The van der Waals surface area contributed by atoms with E-state index in [2.05, 4.69) is 5.32 Å². The van der Waals surface area contributed by atoms with Crippen molar-refractivity contribution in [1.29, 1.82) is 0 Å². The molecule has 1 atom stereocenters. The number of aliphatic carboxylic acids is 1. The van der Waals surface area contributed by atoms with Crippen LogP contribution in [0.2, 0.25) is 5.02 Å². The van der Waals surface area contributed by atoms with Crippen molar-refractivity contribution in [2.45, 2.75) is 26.8 Å². The molecule has 0 spiro atoms. The highest BCUT2D eigenvalue weighted by atomic mass is 35.5. The molecular formula is C15H16ClNO4. The number of carbonyl (C=O) groups excluding carboxylic acids is 1. The van der Waals surface area contributed by atoms with Crippen LogP contribution in [-0.4, -0.2) is 23.0 Å². The standard InChI is InChI=1S/C15H16ClNO4/c1-7(2)12(15(19)20)17-14(18)13-8(3)10-6-9(16)4-5-11(10)21-13/h4-7,12H,1-3H3,(H,17,18)(H,19,20). The number of rotatable bonds is 4. The van der Waals surface area contributed by atoms with Crippen molar-refractivity contribution in [1.82, 2.24) is 5.32 Å². The lowest BCUT2D eigenvalue weighted by Crippen LogP contribution is -2.44. The molecule has 1 unspecified atom stereocenters. The molecule has 0 aliphatic heterocycles. The number of amides is 1. The third kappa shape index (κ3) is 3.03. The summed E-state index contributed by atoms with van der Waals surface area (Å²) in [5.74, 6) is -1.74. The lowest BCUT2D eigenvalue weighted by atomic mass is 10.0. The van der Waals surface area contributed by atoms with Crippen LogP contribution >= 0.6 is 11.6 Å².